The lowest BCUT2D eigenvalue weighted by Gasteiger charge is -2.18. The van der Waals surface area contributed by atoms with Crippen LogP contribution in [0.4, 0.5) is 0 Å². The average molecular weight is 311 g/mol. The maximum absolute atomic E-state index is 5.06. The van der Waals surface area contributed by atoms with Crippen LogP contribution >= 0.6 is 0 Å². The molecule has 2 N–H and O–H groups in total. The third-order valence-electron chi connectivity index (χ3n) is 3.20. The van der Waals surface area contributed by atoms with Gasteiger partial charge in [0, 0.05) is 46.9 Å². The second-order valence-corrected chi connectivity index (χ2v) is 5.13. The van der Waals surface area contributed by atoms with Crippen molar-refractivity contribution < 1.29 is 4.74 Å². The average Bonchev–Trinajstić information content (AvgIpc) is 2.90. The summed E-state index contributed by atoms with van der Waals surface area (Å²) >= 11 is 0. The zero-order valence-corrected chi connectivity index (χ0v) is 14.2. The highest BCUT2D eigenvalue weighted by molar-refractivity contribution is 5.79. The van der Waals surface area contributed by atoms with Crippen molar-refractivity contribution in [3.63, 3.8) is 0 Å². The van der Waals surface area contributed by atoms with Crippen LogP contribution in [0.15, 0.2) is 11.3 Å². The molecule has 126 valence electrons. The monoisotopic (exact) mass is 311 g/mol. The SMILES string of the molecule is CCNC(=NCc1nncn1C)NCCN(C)CCCOC. The zero-order valence-electron chi connectivity index (χ0n) is 14.2. The van der Waals surface area contributed by atoms with Crippen molar-refractivity contribution in [1.29, 1.82) is 0 Å². The molecule has 0 radical (unpaired) electrons. The number of guanidine groups is 1. The molecular formula is C14H29N7O. The van der Waals surface area contributed by atoms with Crippen LogP contribution in [-0.4, -0.2) is 72.6 Å². The van der Waals surface area contributed by atoms with Gasteiger partial charge in [-0.05, 0) is 20.4 Å². The highest BCUT2D eigenvalue weighted by Gasteiger charge is 2.02. The third kappa shape index (κ3) is 7.37. The van der Waals surface area contributed by atoms with Crippen LogP contribution in [0.3, 0.4) is 0 Å². The van der Waals surface area contributed by atoms with E-state index in [0.29, 0.717) is 6.54 Å². The largest absolute Gasteiger partial charge is 0.385 e. The van der Waals surface area contributed by atoms with Crippen molar-refractivity contribution in [3.8, 4) is 0 Å². The van der Waals surface area contributed by atoms with E-state index in [4.69, 9.17) is 4.74 Å². The van der Waals surface area contributed by atoms with E-state index in [0.717, 1.165) is 51.0 Å². The molecule has 1 rings (SSSR count). The summed E-state index contributed by atoms with van der Waals surface area (Å²) in [5, 5.41) is 14.4. The number of aryl methyl sites for hydroxylation is 1. The van der Waals surface area contributed by atoms with Gasteiger partial charge in [-0.25, -0.2) is 4.99 Å². The predicted molar refractivity (Wildman–Crippen MR) is 87.8 cm³/mol. The van der Waals surface area contributed by atoms with Crippen molar-refractivity contribution in [3.05, 3.63) is 12.2 Å². The Morgan fingerprint density at radius 2 is 2.23 bits per heavy atom. The molecule has 0 aliphatic rings. The molecule has 1 heterocycles. The normalized spacial score (nSPS) is 12.0. The van der Waals surface area contributed by atoms with Gasteiger partial charge in [0.05, 0.1) is 0 Å². The molecule has 22 heavy (non-hydrogen) atoms. The fourth-order valence-electron chi connectivity index (χ4n) is 1.90. The number of ether oxygens (including phenoxy) is 1. The molecule has 0 fully saturated rings. The summed E-state index contributed by atoms with van der Waals surface area (Å²) in [7, 11) is 5.76. The van der Waals surface area contributed by atoms with Gasteiger partial charge >= 0.3 is 0 Å². The van der Waals surface area contributed by atoms with Crippen LogP contribution in [0.2, 0.25) is 0 Å². The van der Waals surface area contributed by atoms with Crippen LogP contribution < -0.4 is 10.6 Å². The van der Waals surface area contributed by atoms with Crippen molar-refractivity contribution in [2.24, 2.45) is 12.0 Å². The Kier molecular flexibility index (Phi) is 9.17. The van der Waals surface area contributed by atoms with Gasteiger partial charge in [0.2, 0.25) is 0 Å². The molecule has 1 aromatic rings. The van der Waals surface area contributed by atoms with Gasteiger partial charge in [-0.2, -0.15) is 0 Å². The van der Waals surface area contributed by atoms with E-state index in [2.05, 4.69) is 44.7 Å². The van der Waals surface area contributed by atoms with Crippen LogP contribution in [0.1, 0.15) is 19.2 Å². The van der Waals surface area contributed by atoms with Gasteiger partial charge in [0.1, 0.15) is 12.9 Å². The molecule has 0 atom stereocenters. The summed E-state index contributed by atoms with van der Waals surface area (Å²) in [6, 6.07) is 0. The van der Waals surface area contributed by atoms with Crippen LogP contribution in [-0.2, 0) is 18.3 Å². The number of hydrogen-bond acceptors (Lipinski definition) is 5. The van der Waals surface area contributed by atoms with E-state index < -0.39 is 0 Å². The van der Waals surface area contributed by atoms with Crippen LogP contribution in [0.5, 0.6) is 0 Å². The predicted octanol–water partition coefficient (Wildman–Crippen LogP) is -0.161. The van der Waals surface area contributed by atoms with Gasteiger partial charge in [0.15, 0.2) is 11.8 Å². The lowest BCUT2D eigenvalue weighted by molar-refractivity contribution is 0.180. The summed E-state index contributed by atoms with van der Waals surface area (Å²) < 4.78 is 6.93. The van der Waals surface area contributed by atoms with E-state index in [9.17, 15) is 0 Å². The van der Waals surface area contributed by atoms with Crippen molar-refractivity contribution in [2.75, 3.05) is 46.9 Å². The van der Waals surface area contributed by atoms with E-state index >= 15 is 0 Å². The van der Waals surface area contributed by atoms with Gasteiger partial charge in [0.25, 0.3) is 0 Å². The van der Waals surface area contributed by atoms with Crippen LogP contribution in [0.25, 0.3) is 0 Å². The number of rotatable bonds is 10. The van der Waals surface area contributed by atoms with E-state index in [1.807, 2.05) is 11.6 Å². The van der Waals surface area contributed by atoms with Crippen LogP contribution in [0, 0.1) is 0 Å². The summed E-state index contributed by atoms with van der Waals surface area (Å²) in [6.45, 7) is 7.02. The number of nitrogens with one attached hydrogen (secondary N) is 2. The number of aromatic nitrogens is 3. The van der Waals surface area contributed by atoms with Gasteiger partial charge < -0.3 is 24.8 Å². The highest BCUT2D eigenvalue weighted by atomic mass is 16.5. The molecule has 0 bridgehead atoms. The van der Waals surface area contributed by atoms with Gasteiger partial charge in [-0.3, -0.25) is 0 Å². The number of hydrogen-bond donors (Lipinski definition) is 2. The molecule has 8 heteroatoms. The summed E-state index contributed by atoms with van der Waals surface area (Å²) in [6.07, 6.45) is 2.73. The van der Waals surface area contributed by atoms with Crippen molar-refractivity contribution >= 4 is 5.96 Å². The number of nitrogens with zero attached hydrogens (tertiary/aromatic N) is 5. The second kappa shape index (κ2) is 11.0. The molecule has 1 aromatic heterocycles. The molecule has 0 aliphatic carbocycles. The molecule has 0 unspecified atom stereocenters. The summed E-state index contributed by atoms with van der Waals surface area (Å²) in [5.74, 6) is 1.64. The summed E-state index contributed by atoms with van der Waals surface area (Å²) in [4.78, 5) is 6.80. The Morgan fingerprint density at radius 1 is 1.41 bits per heavy atom. The second-order valence-electron chi connectivity index (χ2n) is 5.13. The Morgan fingerprint density at radius 3 is 2.86 bits per heavy atom. The molecular weight excluding hydrogens is 282 g/mol. The summed E-state index contributed by atoms with van der Waals surface area (Å²) in [5.41, 5.74) is 0. The Bertz CT molecular complexity index is 433. The molecule has 0 spiro atoms. The first kappa shape index (κ1) is 18.4. The first-order chi connectivity index (χ1) is 10.7. The Balaban J connectivity index is 2.32. The zero-order chi connectivity index (χ0) is 16.2. The lowest BCUT2D eigenvalue weighted by atomic mass is 10.4. The maximum Gasteiger partial charge on any atom is 0.191 e. The van der Waals surface area contributed by atoms with Crippen molar-refractivity contribution in [1.82, 2.24) is 30.3 Å². The maximum atomic E-state index is 5.06. The molecule has 0 amide bonds. The standard InChI is InChI=1S/C14H29N7O/c1-5-15-14(17-11-13-19-18-12-21(13)3)16-7-9-20(2)8-6-10-22-4/h12H,5-11H2,1-4H3,(H2,15,16,17). The van der Waals surface area contributed by atoms with E-state index in [1.54, 1.807) is 13.4 Å². The Hall–Kier alpha value is -1.67. The minimum absolute atomic E-state index is 0.509. The number of methoxy groups -OCH3 is 1. The molecule has 0 saturated carbocycles. The van der Waals surface area contributed by atoms with E-state index in [-0.39, 0.29) is 0 Å². The minimum Gasteiger partial charge on any atom is -0.385 e. The third-order valence-corrected chi connectivity index (χ3v) is 3.20. The van der Waals surface area contributed by atoms with E-state index in [1.165, 1.54) is 0 Å². The molecule has 0 aliphatic heterocycles. The fraction of sp³-hybridized carbons (Fsp3) is 0.786. The van der Waals surface area contributed by atoms with Gasteiger partial charge in [-0.15, -0.1) is 10.2 Å². The molecule has 8 nitrogen and oxygen atoms in total. The Labute approximate surface area is 133 Å². The first-order valence-corrected chi connectivity index (χ1v) is 7.70. The molecule has 0 aromatic carbocycles. The molecule has 0 saturated heterocycles. The van der Waals surface area contributed by atoms with Gasteiger partial charge in [-0.1, -0.05) is 0 Å². The number of aliphatic imine (C=N–C) groups is 1. The first-order valence-electron chi connectivity index (χ1n) is 7.70. The van der Waals surface area contributed by atoms with Crippen molar-refractivity contribution in [2.45, 2.75) is 19.9 Å². The lowest BCUT2D eigenvalue weighted by Crippen LogP contribution is -2.41. The minimum atomic E-state index is 0.509. The fourth-order valence-corrected chi connectivity index (χ4v) is 1.90. The quantitative estimate of drug-likeness (QED) is 0.355. The smallest absolute Gasteiger partial charge is 0.191 e. The number of likely N-dealkylation sites (N-methyl/N-ethyl adjacent to an activating group) is 1. The highest BCUT2D eigenvalue weighted by Crippen LogP contribution is 1.93. The topological polar surface area (TPSA) is 79.6 Å².